The van der Waals surface area contributed by atoms with Gasteiger partial charge < -0.3 is 15.2 Å². The van der Waals surface area contributed by atoms with Crippen molar-refractivity contribution in [1.29, 1.82) is 0 Å². The van der Waals surface area contributed by atoms with Crippen molar-refractivity contribution in [3.05, 3.63) is 82.4 Å². The fourth-order valence-electron chi connectivity index (χ4n) is 2.92. The van der Waals surface area contributed by atoms with Crippen LogP contribution in [-0.4, -0.2) is 20.7 Å². The largest absolute Gasteiger partial charge is 0.352 e. The number of aliphatic imine (C=N–C) groups is 1. The molecule has 0 bridgehead atoms. The normalized spacial score (nSPS) is 11.1. The van der Waals surface area contributed by atoms with Crippen LogP contribution in [0.3, 0.4) is 0 Å². The van der Waals surface area contributed by atoms with Gasteiger partial charge in [-0.25, -0.2) is 4.99 Å². The third kappa shape index (κ3) is 6.56. The highest BCUT2D eigenvalue weighted by Gasteiger charge is 2.07. The van der Waals surface area contributed by atoms with Crippen LogP contribution in [-0.2, 0) is 26.7 Å². The maximum atomic E-state index is 4.74. The van der Waals surface area contributed by atoms with Crippen LogP contribution in [0, 0.1) is 20.8 Å². The van der Waals surface area contributed by atoms with E-state index in [1.165, 1.54) is 22.3 Å². The number of hydrogen-bond acceptors (Lipinski definition) is 3. The second-order valence-corrected chi connectivity index (χ2v) is 7.01. The summed E-state index contributed by atoms with van der Waals surface area (Å²) in [4.78, 5) is 4.74. The summed E-state index contributed by atoms with van der Waals surface area (Å²) in [6.45, 7) is 8.08. The molecule has 0 amide bonds. The van der Waals surface area contributed by atoms with Gasteiger partial charge in [0, 0.05) is 13.6 Å². The van der Waals surface area contributed by atoms with E-state index in [-0.39, 0.29) is 24.0 Å². The summed E-state index contributed by atoms with van der Waals surface area (Å²) in [6, 6.07) is 16.7. The van der Waals surface area contributed by atoms with Gasteiger partial charge in [-0.1, -0.05) is 54.1 Å². The van der Waals surface area contributed by atoms with Crippen LogP contribution >= 0.6 is 24.0 Å². The molecule has 0 aliphatic carbocycles. The summed E-state index contributed by atoms with van der Waals surface area (Å²) in [6.07, 6.45) is 0. The molecule has 0 aliphatic rings. The molecule has 2 N–H and O–H groups in total. The van der Waals surface area contributed by atoms with Crippen LogP contribution in [0.25, 0.3) is 0 Å². The van der Waals surface area contributed by atoms with Crippen LogP contribution in [0.4, 0.5) is 0 Å². The molecule has 2 aromatic carbocycles. The zero-order valence-corrected chi connectivity index (χ0v) is 19.8. The van der Waals surface area contributed by atoms with E-state index in [4.69, 9.17) is 4.99 Å². The SMILES string of the molecule is Cc1ccc(CNC(=NCc2ccccc2)NCc2nnc(C)n2C)c(C)c1.I. The van der Waals surface area contributed by atoms with Gasteiger partial charge in [0.05, 0.1) is 13.1 Å². The number of nitrogens with zero attached hydrogens (tertiary/aromatic N) is 4. The Balaban J connectivity index is 0.00000300. The van der Waals surface area contributed by atoms with E-state index in [1.54, 1.807) is 0 Å². The number of benzene rings is 2. The molecule has 0 radical (unpaired) electrons. The first-order valence-electron chi connectivity index (χ1n) is 9.50. The summed E-state index contributed by atoms with van der Waals surface area (Å²) >= 11 is 0. The predicted octanol–water partition coefficient (Wildman–Crippen LogP) is 3.79. The Morgan fingerprint density at radius 3 is 2.34 bits per heavy atom. The van der Waals surface area contributed by atoms with Crippen LogP contribution in [0.5, 0.6) is 0 Å². The maximum Gasteiger partial charge on any atom is 0.192 e. The van der Waals surface area contributed by atoms with Crippen molar-refractivity contribution in [3.63, 3.8) is 0 Å². The summed E-state index contributed by atoms with van der Waals surface area (Å²) in [5.74, 6) is 2.52. The lowest BCUT2D eigenvalue weighted by molar-refractivity contribution is 0.714. The number of rotatable bonds is 6. The van der Waals surface area contributed by atoms with Gasteiger partial charge in [0.15, 0.2) is 11.8 Å². The number of halogens is 1. The number of hydrogen-bond donors (Lipinski definition) is 2. The molecular formula is C22H29IN6. The van der Waals surface area contributed by atoms with Gasteiger partial charge >= 0.3 is 0 Å². The summed E-state index contributed by atoms with van der Waals surface area (Å²) in [5.41, 5.74) is 4.98. The molecule has 7 heteroatoms. The van der Waals surface area contributed by atoms with Crippen molar-refractivity contribution < 1.29 is 0 Å². The van der Waals surface area contributed by atoms with E-state index in [2.05, 4.69) is 65.0 Å². The Hall–Kier alpha value is -2.42. The van der Waals surface area contributed by atoms with Gasteiger partial charge in [0.25, 0.3) is 0 Å². The molecule has 0 saturated carbocycles. The van der Waals surface area contributed by atoms with Crippen molar-refractivity contribution in [2.24, 2.45) is 12.0 Å². The highest BCUT2D eigenvalue weighted by atomic mass is 127. The molecule has 1 heterocycles. The third-order valence-electron chi connectivity index (χ3n) is 4.80. The van der Waals surface area contributed by atoms with E-state index >= 15 is 0 Å². The maximum absolute atomic E-state index is 4.74. The van der Waals surface area contributed by atoms with Gasteiger partial charge in [-0.15, -0.1) is 34.2 Å². The van der Waals surface area contributed by atoms with Gasteiger partial charge in [-0.3, -0.25) is 0 Å². The Kier molecular flexibility index (Phi) is 8.63. The minimum atomic E-state index is 0. The van der Waals surface area contributed by atoms with Gasteiger partial charge in [0.1, 0.15) is 5.82 Å². The second-order valence-electron chi connectivity index (χ2n) is 7.01. The van der Waals surface area contributed by atoms with Crippen molar-refractivity contribution in [1.82, 2.24) is 25.4 Å². The lowest BCUT2D eigenvalue weighted by atomic mass is 10.1. The fraction of sp³-hybridized carbons (Fsp3) is 0.318. The highest BCUT2D eigenvalue weighted by molar-refractivity contribution is 14.0. The molecule has 154 valence electrons. The molecule has 0 atom stereocenters. The van der Waals surface area contributed by atoms with Crippen LogP contribution in [0.2, 0.25) is 0 Å². The standard InChI is InChI=1S/C22H28N6.HI/c1-16-10-11-20(17(2)12-16)14-24-22(23-13-19-8-6-5-7-9-19)25-15-21-27-26-18(3)28(21)4;/h5-12H,13-15H2,1-4H3,(H2,23,24,25);1H. The summed E-state index contributed by atoms with van der Waals surface area (Å²) < 4.78 is 1.98. The van der Waals surface area contributed by atoms with Crippen molar-refractivity contribution in [2.45, 2.75) is 40.4 Å². The fourth-order valence-corrected chi connectivity index (χ4v) is 2.92. The second kappa shape index (κ2) is 10.9. The monoisotopic (exact) mass is 504 g/mol. The number of guanidine groups is 1. The average molecular weight is 504 g/mol. The van der Waals surface area contributed by atoms with E-state index < -0.39 is 0 Å². The Bertz CT molecular complexity index is 949. The molecule has 0 fully saturated rings. The van der Waals surface area contributed by atoms with Crippen LogP contribution in [0.15, 0.2) is 53.5 Å². The van der Waals surface area contributed by atoms with Gasteiger partial charge in [-0.2, -0.15) is 0 Å². The van der Waals surface area contributed by atoms with E-state index in [0.29, 0.717) is 19.6 Å². The highest BCUT2D eigenvalue weighted by Crippen LogP contribution is 2.10. The lowest BCUT2D eigenvalue weighted by Crippen LogP contribution is -2.37. The Labute approximate surface area is 189 Å². The van der Waals surface area contributed by atoms with E-state index in [1.807, 2.05) is 36.7 Å². The van der Waals surface area contributed by atoms with Gasteiger partial charge in [0.2, 0.25) is 0 Å². The van der Waals surface area contributed by atoms with Crippen LogP contribution in [0.1, 0.15) is 33.9 Å². The smallest absolute Gasteiger partial charge is 0.192 e. The van der Waals surface area contributed by atoms with Crippen LogP contribution < -0.4 is 10.6 Å². The first kappa shape index (κ1) is 22.9. The van der Waals surface area contributed by atoms with E-state index in [0.717, 1.165) is 17.6 Å². The Morgan fingerprint density at radius 2 is 1.69 bits per heavy atom. The quantitative estimate of drug-likeness (QED) is 0.305. The molecule has 0 saturated heterocycles. The average Bonchev–Trinajstić information content (AvgIpc) is 3.01. The summed E-state index contributed by atoms with van der Waals surface area (Å²) in [5, 5.41) is 15.2. The van der Waals surface area contributed by atoms with Crippen molar-refractivity contribution in [3.8, 4) is 0 Å². The Morgan fingerprint density at radius 1 is 0.966 bits per heavy atom. The summed E-state index contributed by atoms with van der Waals surface area (Å²) in [7, 11) is 1.97. The molecule has 0 aliphatic heterocycles. The molecular weight excluding hydrogens is 475 g/mol. The number of nitrogens with one attached hydrogen (secondary N) is 2. The van der Waals surface area contributed by atoms with Gasteiger partial charge in [-0.05, 0) is 37.5 Å². The van der Waals surface area contributed by atoms with E-state index in [9.17, 15) is 0 Å². The first-order valence-corrected chi connectivity index (χ1v) is 9.50. The zero-order chi connectivity index (χ0) is 19.9. The first-order chi connectivity index (χ1) is 13.5. The minimum Gasteiger partial charge on any atom is -0.352 e. The molecule has 29 heavy (non-hydrogen) atoms. The molecule has 0 unspecified atom stereocenters. The molecule has 0 spiro atoms. The van der Waals surface area contributed by atoms with Crippen molar-refractivity contribution in [2.75, 3.05) is 0 Å². The number of aryl methyl sites for hydroxylation is 3. The molecule has 3 aromatic rings. The van der Waals surface area contributed by atoms with Crippen molar-refractivity contribution >= 4 is 29.9 Å². The zero-order valence-electron chi connectivity index (χ0n) is 17.4. The number of aromatic nitrogens is 3. The predicted molar refractivity (Wildman–Crippen MR) is 128 cm³/mol. The lowest BCUT2D eigenvalue weighted by Gasteiger charge is -2.14. The third-order valence-corrected chi connectivity index (χ3v) is 4.80. The molecule has 6 nitrogen and oxygen atoms in total. The topological polar surface area (TPSA) is 67.1 Å². The molecule has 3 rings (SSSR count). The minimum absolute atomic E-state index is 0. The molecule has 1 aromatic heterocycles.